The Balaban J connectivity index is 3.64. The van der Waals surface area contributed by atoms with E-state index in [2.05, 4.69) is 0 Å². The average molecular weight is 205 g/mol. The van der Waals surface area contributed by atoms with Crippen LogP contribution in [0.5, 0.6) is 0 Å². The molecule has 0 aromatic carbocycles. The van der Waals surface area contributed by atoms with Crippen molar-refractivity contribution < 1.29 is 19.4 Å². The monoisotopic (exact) mass is 205 g/mol. The third kappa shape index (κ3) is 5.16. The Kier molecular flexibility index (Phi) is 5.68. The first kappa shape index (κ1) is 13.4. The van der Waals surface area contributed by atoms with Gasteiger partial charge in [-0.3, -0.25) is 0 Å². The third-order valence-electron chi connectivity index (χ3n) is 1.60. The van der Waals surface area contributed by atoms with Gasteiger partial charge in [-0.1, -0.05) is 0 Å². The Morgan fingerprint density at radius 2 is 2.07 bits per heavy atom. The predicted molar refractivity (Wildman–Crippen MR) is 51.7 cm³/mol. The van der Waals surface area contributed by atoms with Crippen LogP contribution >= 0.6 is 0 Å². The SMILES string of the molecule is CC(C)OCCOC(=O)C(C)(O)CN. The molecule has 0 saturated heterocycles. The summed E-state index contributed by atoms with van der Waals surface area (Å²) in [5.74, 6) is -0.715. The van der Waals surface area contributed by atoms with Crippen LogP contribution in [0.1, 0.15) is 20.8 Å². The van der Waals surface area contributed by atoms with E-state index in [1.54, 1.807) is 0 Å². The molecule has 1 atom stereocenters. The predicted octanol–water partition coefficient (Wildman–Crippen LogP) is -0.336. The number of carbonyl (C=O) groups is 1. The van der Waals surface area contributed by atoms with E-state index in [1.807, 2.05) is 13.8 Å². The maximum absolute atomic E-state index is 11.1. The number of ether oxygens (including phenoxy) is 2. The minimum atomic E-state index is -1.60. The molecule has 0 bridgehead atoms. The highest BCUT2D eigenvalue weighted by Gasteiger charge is 2.29. The second-order valence-corrected chi connectivity index (χ2v) is 3.53. The molecule has 5 heteroatoms. The van der Waals surface area contributed by atoms with Crippen molar-refractivity contribution in [3.63, 3.8) is 0 Å². The molecule has 5 nitrogen and oxygen atoms in total. The molecule has 1 unspecified atom stereocenters. The van der Waals surface area contributed by atoms with Gasteiger partial charge in [0.05, 0.1) is 12.7 Å². The largest absolute Gasteiger partial charge is 0.461 e. The van der Waals surface area contributed by atoms with E-state index < -0.39 is 11.6 Å². The molecule has 0 saturated carbocycles. The maximum Gasteiger partial charge on any atom is 0.339 e. The fourth-order valence-corrected chi connectivity index (χ4v) is 0.657. The minimum absolute atomic E-state index is 0.101. The smallest absolute Gasteiger partial charge is 0.339 e. The molecule has 0 rings (SSSR count). The highest BCUT2D eigenvalue weighted by Crippen LogP contribution is 2.03. The van der Waals surface area contributed by atoms with Gasteiger partial charge in [0, 0.05) is 6.54 Å². The summed E-state index contributed by atoms with van der Waals surface area (Å²) in [5, 5.41) is 9.36. The van der Waals surface area contributed by atoms with Crippen LogP contribution < -0.4 is 5.73 Å². The standard InChI is InChI=1S/C9H19NO4/c1-7(2)13-4-5-14-8(11)9(3,12)6-10/h7,12H,4-6,10H2,1-3H3. The summed E-state index contributed by atoms with van der Waals surface area (Å²) in [4.78, 5) is 11.1. The van der Waals surface area contributed by atoms with E-state index in [-0.39, 0.29) is 19.3 Å². The fourth-order valence-electron chi connectivity index (χ4n) is 0.657. The Morgan fingerprint density at radius 3 is 2.50 bits per heavy atom. The number of carbonyl (C=O) groups excluding carboxylic acids is 1. The van der Waals surface area contributed by atoms with Crippen LogP contribution in [0.25, 0.3) is 0 Å². The van der Waals surface area contributed by atoms with Gasteiger partial charge >= 0.3 is 5.97 Å². The van der Waals surface area contributed by atoms with Gasteiger partial charge in [0.15, 0.2) is 5.60 Å². The maximum atomic E-state index is 11.1. The Bertz CT molecular complexity index is 180. The third-order valence-corrected chi connectivity index (χ3v) is 1.60. The van der Waals surface area contributed by atoms with E-state index in [0.29, 0.717) is 6.61 Å². The first-order valence-electron chi connectivity index (χ1n) is 4.61. The molecule has 84 valence electrons. The van der Waals surface area contributed by atoms with Gasteiger partial charge in [-0.2, -0.15) is 0 Å². The molecular weight excluding hydrogens is 186 g/mol. The van der Waals surface area contributed by atoms with Gasteiger partial charge in [-0.25, -0.2) is 4.79 Å². The van der Waals surface area contributed by atoms with Crippen LogP contribution in [0.2, 0.25) is 0 Å². The Morgan fingerprint density at radius 1 is 1.50 bits per heavy atom. The number of rotatable bonds is 6. The summed E-state index contributed by atoms with van der Waals surface area (Å²) in [5.41, 5.74) is 3.58. The van der Waals surface area contributed by atoms with E-state index in [4.69, 9.17) is 15.2 Å². The molecule has 0 aliphatic rings. The van der Waals surface area contributed by atoms with Crippen molar-refractivity contribution in [2.75, 3.05) is 19.8 Å². The van der Waals surface area contributed by atoms with Gasteiger partial charge in [0.1, 0.15) is 6.61 Å². The summed E-state index contributed by atoms with van der Waals surface area (Å²) in [7, 11) is 0. The van der Waals surface area contributed by atoms with Crippen molar-refractivity contribution in [1.29, 1.82) is 0 Å². The second kappa shape index (κ2) is 5.95. The van der Waals surface area contributed by atoms with Crippen LogP contribution in [0.15, 0.2) is 0 Å². The topological polar surface area (TPSA) is 81.8 Å². The lowest BCUT2D eigenvalue weighted by Gasteiger charge is -2.19. The van der Waals surface area contributed by atoms with Crippen LogP contribution in [-0.4, -0.2) is 42.5 Å². The Hall–Kier alpha value is -0.650. The fraction of sp³-hybridized carbons (Fsp3) is 0.889. The number of aliphatic hydroxyl groups is 1. The van der Waals surface area contributed by atoms with Gasteiger partial charge in [0.2, 0.25) is 0 Å². The normalized spacial score (nSPS) is 15.3. The molecule has 0 radical (unpaired) electrons. The summed E-state index contributed by atoms with van der Waals surface area (Å²) in [6.07, 6.45) is 0.101. The summed E-state index contributed by atoms with van der Waals surface area (Å²) >= 11 is 0. The zero-order valence-corrected chi connectivity index (χ0v) is 8.95. The van der Waals surface area contributed by atoms with E-state index in [0.717, 1.165) is 0 Å². The van der Waals surface area contributed by atoms with Crippen LogP contribution in [0.3, 0.4) is 0 Å². The van der Waals surface area contributed by atoms with E-state index in [9.17, 15) is 9.90 Å². The lowest BCUT2D eigenvalue weighted by molar-refractivity contribution is -0.164. The molecule has 0 aromatic rings. The van der Waals surface area contributed by atoms with Gasteiger partial charge < -0.3 is 20.3 Å². The first-order chi connectivity index (χ1) is 6.40. The average Bonchev–Trinajstić information content (AvgIpc) is 2.11. The lowest BCUT2D eigenvalue weighted by Crippen LogP contribution is -2.44. The van der Waals surface area contributed by atoms with E-state index >= 15 is 0 Å². The number of nitrogens with two attached hydrogens (primary N) is 1. The molecule has 14 heavy (non-hydrogen) atoms. The van der Waals surface area contributed by atoms with Crippen molar-refractivity contribution in [3.8, 4) is 0 Å². The molecule has 0 aliphatic carbocycles. The molecule has 3 N–H and O–H groups in total. The molecule has 0 aliphatic heterocycles. The van der Waals surface area contributed by atoms with Gasteiger partial charge in [0.25, 0.3) is 0 Å². The van der Waals surface area contributed by atoms with Crippen molar-refractivity contribution in [2.45, 2.75) is 32.5 Å². The van der Waals surface area contributed by atoms with Crippen molar-refractivity contribution >= 4 is 5.97 Å². The lowest BCUT2D eigenvalue weighted by atomic mass is 10.1. The summed E-state index contributed by atoms with van der Waals surface area (Å²) < 4.78 is 9.90. The van der Waals surface area contributed by atoms with Crippen LogP contribution in [0, 0.1) is 0 Å². The number of esters is 1. The molecule has 0 amide bonds. The molecule has 0 aromatic heterocycles. The zero-order valence-electron chi connectivity index (χ0n) is 8.95. The van der Waals surface area contributed by atoms with Crippen molar-refractivity contribution in [3.05, 3.63) is 0 Å². The molecule has 0 spiro atoms. The highest BCUT2D eigenvalue weighted by atomic mass is 16.6. The molecule has 0 fully saturated rings. The number of hydrogen-bond donors (Lipinski definition) is 2. The summed E-state index contributed by atoms with van der Waals surface area (Å²) in [6, 6.07) is 0. The van der Waals surface area contributed by atoms with Crippen molar-refractivity contribution in [2.24, 2.45) is 5.73 Å². The number of hydrogen-bond acceptors (Lipinski definition) is 5. The van der Waals surface area contributed by atoms with E-state index in [1.165, 1.54) is 6.92 Å². The van der Waals surface area contributed by atoms with Gasteiger partial charge in [-0.15, -0.1) is 0 Å². The quantitative estimate of drug-likeness (QED) is 0.458. The van der Waals surface area contributed by atoms with Crippen LogP contribution in [0.4, 0.5) is 0 Å². The minimum Gasteiger partial charge on any atom is -0.461 e. The first-order valence-corrected chi connectivity index (χ1v) is 4.61. The van der Waals surface area contributed by atoms with Crippen molar-refractivity contribution in [1.82, 2.24) is 0 Å². The zero-order chi connectivity index (χ0) is 11.2. The highest BCUT2D eigenvalue weighted by molar-refractivity contribution is 5.78. The molecular formula is C9H19NO4. The molecule has 0 heterocycles. The summed E-state index contributed by atoms with van der Waals surface area (Å²) in [6.45, 7) is 5.39. The van der Waals surface area contributed by atoms with Crippen LogP contribution in [-0.2, 0) is 14.3 Å². The Labute approximate surface area is 84.2 Å². The second-order valence-electron chi connectivity index (χ2n) is 3.53. The van der Waals surface area contributed by atoms with Gasteiger partial charge in [-0.05, 0) is 20.8 Å².